The molecule has 0 fully saturated rings. The first-order valence-electron chi connectivity index (χ1n) is 4.92. The molecule has 0 saturated carbocycles. The Morgan fingerprint density at radius 3 is 2.40 bits per heavy atom. The fourth-order valence-electron chi connectivity index (χ4n) is 0.834. The molecule has 0 atom stereocenters. The molecule has 0 saturated heterocycles. The molecule has 0 heterocycles. The van der Waals surface area contributed by atoms with Crippen molar-refractivity contribution in [2.24, 2.45) is 0 Å². The van der Waals surface area contributed by atoms with E-state index in [4.69, 9.17) is 0 Å². The third kappa shape index (κ3) is 6.51. The molecule has 4 heteroatoms. The van der Waals surface area contributed by atoms with Crippen LogP contribution in [-0.4, -0.2) is 19.9 Å². The zero-order valence-electron chi connectivity index (χ0n) is 9.41. The molecule has 0 aliphatic heterocycles. The minimum atomic E-state index is -0.270. The van der Waals surface area contributed by atoms with Crippen LogP contribution in [0, 0.1) is 0 Å². The average Bonchev–Trinajstić information content (AvgIpc) is 2.30. The zero-order chi connectivity index (χ0) is 11.5. The van der Waals surface area contributed by atoms with Crippen LogP contribution >= 0.6 is 0 Å². The van der Waals surface area contributed by atoms with Gasteiger partial charge in [-0.1, -0.05) is 32.0 Å². The number of methoxy groups -OCH3 is 1. The lowest BCUT2D eigenvalue weighted by atomic mass is 10.3. The Morgan fingerprint density at radius 2 is 1.87 bits per heavy atom. The van der Waals surface area contributed by atoms with Gasteiger partial charge in [0.25, 0.3) is 0 Å². The fraction of sp³-hybridized carbons (Fsp3) is 0.364. The molecule has 0 aliphatic rings. The first-order chi connectivity index (χ1) is 7.33. The highest BCUT2D eigenvalue weighted by atomic mass is 16.5. The molecule has 15 heavy (non-hydrogen) atoms. The Morgan fingerprint density at radius 1 is 1.27 bits per heavy atom. The molecule has 1 rings (SSSR count). The Kier molecular flexibility index (Phi) is 8.09. The average molecular weight is 210 g/mol. The number of benzene rings is 1. The third-order valence-corrected chi connectivity index (χ3v) is 1.41. The molecule has 84 valence electrons. The van der Waals surface area contributed by atoms with E-state index in [-0.39, 0.29) is 12.8 Å². The van der Waals surface area contributed by atoms with Gasteiger partial charge in [-0.2, -0.15) is 0 Å². The number of nitrogens with one attached hydrogen (secondary N) is 2. The van der Waals surface area contributed by atoms with Crippen LogP contribution in [0.2, 0.25) is 0 Å². The number of amides is 2. The van der Waals surface area contributed by atoms with Gasteiger partial charge in [0.1, 0.15) is 6.73 Å². The molecule has 0 bridgehead atoms. The number of carbonyl (C=O) groups is 1. The summed E-state index contributed by atoms with van der Waals surface area (Å²) in [6, 6.07) is 8.95. The van der Waals surface area contributed by atoms with E-state index in [0.29, 0.717) is 0 Å². The normalized spacial score (nSPS) is 8.47. The van der Waals surface area contributed by atoms with Gasteiger partial charge in [-0.25, -0.2) is 4.79 Å². The van der Waals surface area contributed by atoms with Crippen LogP contribution in [0.15, 0.2) is 30.3 Å². The van der Waals surface area contributed by atoms with E-state index < -0.39 is 0 Å². The summed E-state index contributed by atoms with van der Waals surface area (Å²) in [6.07, 6.45) is 0. The molecule has 0 aromatic heterocycles. The maximum absolute atomic E-state index is 11.1. The summed E-state index contributed by atoms with van der Waals surface area (Å²) in [5.41, 5.74) is 0.760. The minimum absolute atomic E-state index is 0.207. The molecular formula is C11H18N2O2. The van der Waals surface area contributed by atoms with Gasteiger partial charge in [0.2, 0.25) is 0 Å². The van der Waals surface area contributed by atoms with Crippen LogP contribution in [-0.2, 0) is 4.74 Å². The molecule has 0 spiro atoms. The van der Waals surface area contributed by atoms with Crippen LogP contribution in [0.5, 0.6) is 0 Å². The van der Waals surface area contributed by atoms with Crippen molar-refractivity contribution in [1.82, 2.24) is 5.32 Å². The molecule has 2 N–H and O–H groups in total. The predicted octanol–water partition coefficient (Wildman–Crippen LogP) is 2.44. The van der Waals surface area contributed by atoms with Crippen molar-refractivity contribution in [1.29, 1.82) is 0 Å². The molecule has 1 aromatic carbocycles. The second-order valence-corrected chi connectivity index (χ2v) is 2.43. The van der Waals surface area contributed by atoms with Crippen LogP contribution in [0.1, 0.15) is 13.8 Å². The van der Waals surface area contributed by atoms with Gasteiger partial charge in [0.05, 0.1) is 0 Å². The summed E-state index contributed by atoms with van der Waals surface area (Å²) < 4.78 is 4.68. The number of hydrogen-bond donors (Lipinski definition) is 2. The smallest absolute Gasteiger partial charge is 0.321 e. The lowest BCUT2D eigenvalue weighted by Gasteiger charge is -2.05. The second-order valence-electron chi connectivity index (χ2n) is 2.43. The summed E-state index contributed by atoms with van der Waals surface area (Å²) in [5, 5.41) is 5.16. The molecule has 0 aliphatic carbocycles. The van der Waals surface area contributed by atoms with Gasteiger partial charge in [-0.15, -0.1) is 0 Å². The second kappa shape index (κ2) is 9.02. The van der Waals surface area contributed by atoms with E-state index in [1.807, 2.05) is 44.2 Å². The number of rotatable bonds is 3. The van der Waals surface area contributed by atoms with Crippen LogP contribution in [0.25, 0.3) is 0 Å². The SMILES string of the molecule is CC.COCNC(=O)Nc1ccccc1. The predicted molar refractivity (Wildman–Crippen MR) is 61.8 cm³/mol. The lowest BCUT2D eigenvalue weighted by molar-refractivity contribution is 0.177. The van der Waals surface area contributed by atoms with Gasteiger partial charge < -0.3 is 15.4 Å². The van der Waals surface area contributed by atoms with Crippen molar-refractivity contribution >= 4 is 11.7 Å². The van der Waals surface area contributed by atoms with Gasteiger partial charge in [-0.3, -0.25) is 0 Å². The van der Waals surface area contributed by atoms with Gasteiger partial charge >= 0.3 is 6.03 Å². The molecule has 4 nitrogen and oxygen atoms in total. The summed E-state index contributed by atoms with van der Waals surface area (Å²) in [4.78, 5) is 11.1. The topological polar surface area (TPSA) is 50.4 Å². The van der Waals surface area contributed by atoms with Crippen LogP contribution in [0.3, 0.4) is 0 Å². The standard InChI is InChI=1S/C9H12N2O2.C2H6/c1-13-7-10-9(12)11-8-5-3-2-4-6-8;1-2/h2-6H,7H2,1H3,(H2,10,11,12);1-2H3. The summed E-state index contributed by atoms with van der Waals surface area (Å²) in [6.45, 7) is 4.21. The van der Waals surface area contributed by atoms with E-state index in [1.165, 1.54) is 7.11 Å². The molecule has 1 aromatic rings. The van der Waals surface area contributed by atoms with E-state index in [0.717, 1.165) is 5.69 Å². The quantitative estimate of drug-likeness (QED) is 0.753. The van der Waals surface area contributed by atoms with Crippen LogP contribution < -0.4 is 10.6 Å². The van der Waals surface area contributed by atoms with Crippen molar-refractivity contribution in [3.8, 4) is 0 Å². The monoisotopic (exact) mass is 210 g/mol. The van der Waals surface area contributed by atoms with Gasteiger partial charge in [0.15, 0.2) is 0 Å². The molecule has 0 radical (unpaired) electrons. The molecule has 0 unspecified atom stereocenters. The number of para-hydroxylation sites is 1. The van der Waals surface area contributed by atoms with Crippen molar-refractivity contribution in [2.45, 2.75) is 13.8 Å². The molecule has 2 amide bonds. The highest BCUT2D eigenvalue weighted by Gasteiger charge is 1.97. The van der Waals surface area contributed by atoms with Crippen molar-refractivity contribution in [3.63, 3.8) is 0 Å². The lowest BCUT2D eigenvalue weighted by Crippen LogP contribution is -2.30. The Balaban J connectivity index is 0.000000921. The third-order valence-electron chi connectivity index (χ3n) is 1.41. The van der Waals surface area contributed by atoms with E-state index in [1.54, 1.807) is 0 Å². The van der Waals surface area contributed by atoms with Crippen molar-refractivity contribution in [3.05, 3.63) is 30.3 Å². The maximum Gasteiger partial charge on any atom is 0.321 e. The van der Waals surface area contributed by atoms with Gasteiger partial charge in [0, 0.05) is 12.8 Å². The zero-order valence-corrected chi connectivity index (χ0v) is 9.41. The minimum Gasteiger partial charge on any atom is -0.364 e. The summed E-state index contributed by atoms with van der Waals surface area (Å²) in [5.74, 6) is 0. The Bertz CT molecular complexity index is 263. The van der Waals surface area contributed by atoms with E-state index in [2.05, 4.69) is 15.4 Å². The fourth-order valence-corrected chi connectivity index (χ4v) is 0.834. The summed E-state index contributed by atoms with van der Waals surface area (Å²) in [7, 11) is 1.52. The maximum atomic E-state index is 11.1. The number of anilines is 1. The van der Waals surface area contributed by atoms with E-state index >= 15 is 0 Å². The first kappa shape index (κ1) is 13.4. The van der Waals surface area contributed by atoms with Crippen LogP contribution in [0.4, 0.5) is 10.5 Å². The number of carbonyl (C=O) groups excluding carboxylic acids is 1. The number of urea groups is 1. The first-order valence-corrected chi connectivity index (χ1v) is 4.92. The highest BCUT2D eigenvalue weighted by molar-refractivity contribution is 5.88. The highest BCUT2D eigenvalue weighted by Crippen LogP contribution is 2.03. The Labute approximate surface area is 90.6 Å². The summed E-state index contributed by atoms with van der Waals surface area (Å²) >= 11 is 0. The number of ether oxygens (including phenoxy) is 1. The van der Waals surface area contributed by atoms with Gasteiger partial charge in [-0.05, 0) is 12.1 Å². The Hall–Kier alpha value is -1.55. The molecular weight excluding hydrogens is 192 g/mol. The van der Waals surface area contributed by atoms with Crippen molar-refractivity contribution in [2.75, 3.05) is 19.2 Å². The largest absolute Gasteiger partial charge is 0.364 e. The van der Waals surface area contributed by atoms with E-state index in [9.17, 15) is 4.79 Å². The van der Waals surface area contributed by atoms with Crippen molar-refractivity contribution < 1.29 is 9.53 Å². The number of hydrogen-bond acceptors (Lipinski definition) is 2.